The lowest BCUT2D eigenvalue weighted by molar-refractivity contribution is 0.601. The zero-order chi connectivity index (χ0) is 21.9. The number of hydrogen-bond acceptors (Lipinski definition) is 4. The Balaban J connectivity index is 1.76. The molecule has 0 spiro atoms. The maximum atomic E-state index is 12.8. The van der Waals surface area contributed by atoms with Crippen LogP contribution in [0, 0.1) is 20.8 Å². The molecule has 1 N–H and O–H groups in total. The van der Waals surface area contributed by atoms with E-state index in [-0.39, 0.29) is 4.90 Å². The fourth-order valence-corrected chi connectivity index (χ4v) is 4.46. The van der Waals surface area contributed by atoms with Gasteiger partial charge in [0.1, 0.15) is 0 Å². The van der Waals surface area contributed by atoms with Crippen LogP contribution in [0.1, 0.15) is 22.3 Å². The maximum absolute atomic E-state index is 12.8. The van der Waals surface area contributed by atoms with Crippen molar-refractivity contribution in [1.29, 1.82) is 0 Å². The van der Waals surface area contributed by atoms with Crippen molar-refractivity contribution in [3.63, 3.8) is 0 Å². The van der Waals surface area contributed by atoms with Crippen molar-refractivity contribution in [3.8, 4) is 0 Å². The number of aryl methyl sites for hydroxylation is 3. The molecule has 0 radical (unpaired) electrons. The van der Waals surface area contributed by atoms with Crippen LogP contribution < -0.4 is 9.62 Å². The summed E-state index contributed by atoms with van der Waals surface area (Å²) in [6, 6.07) is 18.5. The highest BCUT2D eigenvalue weighted by atomic mass is 32.2. The smallest absolute Gasteiger partial charge is 0.261 e. The highest BCUT2D eigenvalue weighted by Crippen LogP contribution is 2.26. The Morgan fingerprint density at radius 2 is 1.43 bits per heavy atom. The molecule has 0 bridgehead atoms. The van der Waals surface area contributed by atoms with Crippen molar-refractivity contribution in [2.24, 2.45) is 4.99 Å². The van der Waals surface area contributed by atoms with Gasteiger partial charge in [-0.3, -0.25) is 9.71 Å². The fraction of sp³-hybridized carbons (Fsp3) is 0.208. The van der Waals surface area contributed by atoms with Crippen molar-refractivity contribution in [2.45, 2.75) is 25.7 Å². The average molecular weight is 422 g/mol. The van der Waals surface area contributed by atoms with Gasteiger partial charge in [0, 0.05) is 26.0 Å². The van der Waals surface area contributed by atoms with E-state index in [1.807, 2.05) is 76.2 Å². The predicted octanol–water partition coefficient (Wildman–Crippen LogP) is 5.23. The quantitative estimate of drug-likeness (QED) is 0.555. The summed E-state index contributed by atoms with van der Waals surface area (Å²) in [6.45, 7) is 5.80. The summed E-state index contributed by atoms with van der Waals surface area (Å²) in [5.41, 5.74) is 6.32. The molecule has 3 rings (SSSR count). The van der Waals surface area contributed by atoms with Gasteiger partial charge >= 0.3 is 0 Å². The van der Waals surface area contributed by atoms with Crippen molar-refractivity contribution in [3.05, 3.63) is 82.9 Å². The number of aliphatic imine (C=N–C) groups is 1. The first-order chi connectivity index (χ1) is 14.2. The van der Waals surface area contributed by atoms with E-state index in [1.165, 1.54) is 0 Å². The molecule has 6 heteroatoms. The minimum Gasteiger partial charge on any atom is -0.378 e. The number of anilines is 2. The van der Waals surface area contributed by atoms with E-state index in [0.717, 1.165) is 27.9 Å². The first-order valence-electron chi connectivity index (χ1n) is 9.68. The SMILES string of the molecule is Cc1cc(C)c(NS(=O)(=O)c2ccc(N=Cc3ccc(N(C)C)cc3)cc2)c(C)c1. The van der Waals surface area contributed by atoms with Crippen molar-refractivity contribution in [1.82, 2.24) is 0 Å². The zero-order valence-corrected chi connectivity index (χ0v) is 18.8. The van der Waals surface area contributed by atoms with Crippen LogP contribution in [0.15, 0.2) is 70.6 Å². The average Bonchev–Trinajstić information content (AvgIpc) is 2.70. The molecule has 0 atom stereocenters. The molecule has 0 saturated carbocycles. The molecule has 0 unspecified atom stereocenters. The highest BCUT2D eigenvalue weighted by Gasteiger charge is 2.16. The molecular formula is C24H27N3O2S. The second-order valence-electron chi connectivity index (χ2n) is 7.62. The summed E-state index contributed by atoms with van der Waals surface area (Å²) in [5.74, 6) is 0. The molecule has 0 amide bonds. The topological polar surface area (TPSA) is 61.8 Å². The van der Waals surface area contributed by atoms with Gasteiger partial charge in [-0.25, -0.2) is 8.42 Å². The van der Waals surface area contributed by atoms with Gasteiger partial charge < -0.3 is 4.90 Å². The van der Waals surface area contributed by atoms with Gasteiger partial charge in [-0.1, -0.05) is 29.8 Å². The predicted molar refractivity (Wildman–Crippen MR) is 126 cm³/mol. The molecule has 156 valence electrons. The van der Waals surface area contributed by atoms with Gasteiger partial charge in [0.25, 0.3) is 10.0 Å². The van der Waals surface area contributed by atoms with E-state index in [1.54, 1.807) is 30.5 Å². The van der Waals surface area contributed by atoms with Crippen LogP contribution in [0.5, 0.6) is 0 Å². The van der Waals surface area contributed by atoms with Gasteiger partial charge in [-0.05, 0) is 73.9 Å². The zero-order valence-electron chi connectivity index (χ0n) is 18.0. The first kappa shape index (κ1) is 21.6. The summed E-state index contributed by atoms with van der Waals surface area (Å²) in [5, 5.41) is 0. The van der Waals surface area contributed by atoms with Crippen LogP contribution in [0.4, 0.5) is 17.1 Å². The lowest BCUT2D eigenvalue weighted by Crippen LogP contribution is -2.14. The molecule has 0 fully saturated rings. The minimum absolute atomic E-state index is 0.205. The van der Waals surface area contributed by atoms with Crippen LogP contribution in [0.3, 0.4) is 0 Å². The number of sulfonamides is 1. The molecule has 3 aromatic carbocycles. The maximum Gasteiger partial charge on any atom is 0.261 e. The van der Waals surface area contributed by atoms with Gasteiger partial charge in [0.05, 0.1) is 16.3 Å². The molecule has 0 aromatic heterocycles. The molecular weight excluding hydrogens is 394 g/mol. The second-order valence-corrected chi connectivity index (χ2v) is 9.30. The Hall–Kier alpha value is -3.12. The summed E-state index contributed by atoms with van der Waals surface area (Å²) in [6.07, 6.45) is 1.76. The van der Waals surface area contributed by atoms with Crippen LogP contribution >= 0.6 is 0 Å². The van der Waals surface area contributed by atoms with Crippen molar-refractivity contribution >= 4 is 33.3 Å². The molecule has 0 aliphatic carbocycles. The van der Waals surface area contributed by atoms with E-state index < -0.39 is 10.0 Å². The lowest BCUT2D eigenvalue weighted by atomic mass is 10.1. The summed E-state index contributed by atoms with van der Waals surface area (Å²) in [7, 11) is 0.316. The summed E-state index contributed by atoms with van der Waals surface area (Å²) < 4.78 is 28.3. The van der Waals surface area contributed by atoms with Gasteiger partial charge in [-0.2, -0.15) is 0 Å². The monoisotopic (exact) mass is 421 g/mol. The Bertz CT molecular complexity index is 1140. The van der Waals surface area contributed by atoms with Gasteiger partial charge in [-0.15, -0.1) is 0 Å². The highest BCUT2D eigenvalue weighted by molar-refractivity contribution is 7.92. The fourth-order valence-electron chi connectivity index (χ4n) is 3.25. The molecule has 5 nitrogen and oxygen atoms in total. The van der Waals surface area contributed by atoms with Gasteiger partial charge in [0.2, 0.25) is 0 Å². The third-order valence-corrected chi connectivity index (χ3v) is 6.20. The standard InChI is InChI=1S/C24H27N3O2S/c1-17-14-18(2)24(19(3)15-17)26-30(28,29)23-12-8-21(9-13-23)25-16-20-6-10-22(11-7-20)27(4)5/h6-16,26H,1-5H3. The third kappa shape index (κ3) is 5.07. The van der Waals surface area contributed by atoms with Crippen LogP contribution in [-0.4, -0.2) is 28.7 Å². The summed E-state index contributed by atoms with van der Waals surface area (Å²) >= 11 is 0. The largest absolute Gasteiger partial charge is 0.378 e. The third-order valence-electron chi connectivity index (χ3n) is 4.83. The summed E-state index contributed by atoms with van der Waals surface area (Å²) in [4.78, 5) is 6.68. The van der Waals surface area contributed by atoms with E-state index in [0.29, 0.717) is 11.4 Å². The molecule has 30 heavy (non-hydrogen) atoms. The second kappa shape index (κ2) is 8.71. The number of nitrogens with one attached hydrogen (secondary N) is 1. The molecule has 0 heterocycles. The van der Waals surface area contributed by atoms with Crippen LogP contribution in [0.2, 0.25) is 0 Å². The lowest BCUT2D eigenvalue weighted by Gasteiger charge is -2.14. The number of rotatable bonds is 6. The minimum atomic E-state index is -3.67. The number of nitrogens with zero attached hydrogens (tertiary/aromatic N) is 2. The van der Waals surface area contributed by atoms with Crippen LogP contribution in [0.25, 0.3) is 0 Å². The Morgan fingerprint density at radius 1 is 0.867 bits per heavy atom. The molecule has 0 aliphatic rings. The molecule has 0 saturated heterocycles. The number of benzene rings is 3. The van der Waals surface area contributed by atoms with Gasteiger partial charge in [0.15, 0.2) is 0 Å². The van der Waals surface area contributed by atoms with E-state index in [9.17, 15) is 8.42 Å². The Labute approximate surface area is 179 Å². The van der Waals surface area contributed by atoms with E-state index in [4.69, 9.17) is 0 Å². The molecule has 0 aliphatic heterocycles. The van der Waals surface area contributed by atoms with Crippen LogP contribution in [-0.2, 0) is 10.0 Å². The Kier molecular flexibility index (Phi) is 6.27. The normalized spacial score (nSPS) is 11.6. The van der Waals surface area contributed by atoms with E-state index in [2.05, 4.69) is 9.71 Å². The van der Waals surface area contributed by atoms with Crippen molar-refractivity contribution < 1.29 is 8.42 Å². The van der Waals surface area contributed by atoms with E-state index >= 15 is 0 Å². The Morgan fingerprint density at radius 3 is 1.97 bits per heavy atom. The number of hydrogen-bond donors (Lipinski definition) is 1. The first-order valence-corrected chi connectivity index (χ1v) is 11.2. The van der Waals surface area contributed by atoms with Crippen molar-refractivity contribution in [2.75, 3.05) is 23.7 Å². The molecule has 3 aromatic rings.